The molecule has 1 aromatic rings. The van der Waals surface area contributed by atoms with Gasteiger partial charge in [0.1, 0.15) is 0 Å². The van der Waals surface area contributed by atoms with Crippen molar-refractivity contribution < 1.29 is 9.53 Å². The molecule has 1 heterocycles. The maximum absolute atomic E-state index is 12.9. The van der Waals surface area contributed by atoms with Crippen molar-refractivity contribution >= 4 is 5.91 Å². The minimum atomic E-state index is 0.140. The Balaban J connectivity index is 1.78. The number of nitrogens with one attached hydrogen (secondary N) is 1. The van der Waals surface area contributed by atoms with Gasteiger partial charge in [-0.15, -0.1) is 0 Å². The van der Waals surface area contributed by atoms with Gasteiger partial charge < -0.3 is 15.0 Å². The smallest absolute Gasteiger partial charge is 0.254 e. The molecule has 0 bridgehead atoms. The first-order valence-electron chi connectivity index (χ1n) is 7.83. The SMILES string of the molecule is COCCN(C(=O)c1ccc2c(c1)CNC2)C(C)C1CC1. The topological polar surface area (TPSA) is 41.6 Å². The lowest BCUT2D eigenvalue weighted by Gasteiger charge is -2.29. The molecule has 1 amide bonds. The van der Waals surface area contributed by atoms with Crippen LogP contribution in [0, 0.1) is 5.92 Å². The highest BCUT2D eigenvalue weighted by atomic mass is 16.5. The lowest BCUT2D eigenvalue weighted by Crippen LogP contribution is -2.42. The van der Waals surface area contributed by atoms with Crippen LogP contribution in [0.1, 0.15) is 41.3 Å². The Morgan fingerprint density at radius 2 is 2.14 bits per heavy atom. The molecule has 21 heavy (non-hydrogen) atoms. The molecule has 0 radical (unpaired) electrons. The zero-order valence-corrected chi connectivity index (χ0v) is 12.9. The largest absolute Gasteiger partial charge is 0.383 e. The van der Waals surface area contributed by atoms with E-state index in [0.29, 0.717) is 25.1 Å². The third kappa shape index (κ3) is 3.11. The highest BCUT2D eigenvalue weighted by molar-refractivity contribution is 5.94. The summed E-state index contributed by atoms with van der Waals surface area (Å²) in [6, 6.07) is 6.41. The van der Waals surface area contributed by atoms with Gasteiger partial charge in [-0.2, -0.15) is 0 Å². The molecule has 1 unspecified atom stereocenters. The van der Waals surface area contributed by atoms with Crippen LogP contribution < -0.4 is 5.32 Å². The molecule has 114 valence electrons. The van der Waals surface area contributed by atoms with Crippen LogP contribution in [0.5, 0.6) is 0 Å². The van der Waals surface area contributed by atoms with Crippen LogP contribution in [-0.2, 0) is 17.8 Å². The Morgan fingerprint density at radius 3 is 2.86 bits per heavy atom. The fraction of sp³-hybridized carbons (Fsp3) is 0.588. The van der Waals surface area contributed by atoms with Gasteiger partial charge in [0.25, 0.3) is 5.91 Å². The molecule has 2 aliphatic rings. The predicted octanol–water partition coefficient (Wildman–Crippen LogP) is 2.18. The molecule has 3 rings (SSSR count). The second-order valence-corrected chi connectivity index (χ2v) is 6.16. The van der Waals surface area contributed by atoms with Gasteiger partial charge in [0.05, 0.1) is 6.61 Å². The van der Waals surface area contributed by atoms with Crippen LogP contribution in [-0.4, -0.2) is 37.1 Å². The first-order valence-corrected chi connectivity index (χ1v) is 7.83. The molecule has 0 spiro atoms. The number of hydrogen-bond acceptors (Lipinski definition) is 3. The van der Waals surface area contributed by atoms with E-state index in [1.807, 2.05) is 11.0 Å². The van der Waals surface area contributed by atoms with Crippen molar-refractivity contribution in [2.24, 2.45) is 5.92 Å². The van der Waals surface area contributed by atoms with E-state index >= 15 is 0 Å². The average Bonchev–Trinajstić information content (AvgIpc) is 3.24. The lowest BCUT2D eigenvalue weighted by molar-refractivity contribution is 0.0594. The molecular formula is C17H24N2O2. The summed E-state index contributed by atoms with van der Waals surface area (Å²) in [6.07, 6.45) is 2.48. The van der Waals surface area contributed by atoms with Gasteiger partial charge in [0, 0.05) is 38.3 Å². The zero-order valence-electron chi connectivity index (χ0n) is 12.9. The average molecular weight is 288 g/mol. The summed E-state index contributed by atoms with van der Waals surface area (Å²) in [6.45, 7) is 5.21. The number of hydrogen-bond donors (Lipinski definition) is 1. The molecule has 0 aromatic heterocycles. The van der Waals surface area contributed by atoms with Gasteiger partial charge >= 0.3 is 0 Å². The summed E-state index contributed by atoms with van der Waals surface area (Å²) in [5, 5.41) is 3.32. The van der Waals surface area contributed by atoms with Crippen LogP contribution in [0.3, 0.4) is 0 Å². The van der Waals surface area contributed by atoms with E-state index in [-0.39, 0.29) is 5.91 Å². The number of carbonyl (C=O) groups excluding carboxylic acids is 1. The van der Waals surface area contributed by atoms with E-state index in [0.717, 1.165) is 18.7 Å². The van der Waals surface area contributed by atoms with Crippen LogP contribution >= 0.6 is 0 Å². The van der Waals surface area contributed by atoms with Crippen molar-refractivity contribution in [3.8, 4) is 0 Å². The molecule has 1 aliphatic heterocycles. The fourth-order valence-corrected chi connectivity index (χ4v) is 3.11. The Bertz CT molecular complexity index is 526. The highest BCUT2D eigenvalue weighted by Crippen LogP contribution is 2.35. The number of ether oxygens (including phenoxy) is 1. The second-order valence-electron chi connectivity index (χ2n) is 6.16. The molecule has 1 atom stereocenters. The molecule has 1 saturated carbocycles. The molecule has 0 saturated heterocycles. The Morgan fingerprint density at radius 1 is 1.38 bits per heavy atom. The normalized spacial score (nSPS) is 18.4. The number of nitrogens with zero attached hydrogens (tertiary/aromatic N) is 1. The van der Waals surface area contributed by atoms with Crippen molar-refractivity contribution in [1.29, 1.82) is 0 Å². The van der Waals surface area contributed by atoms with Gasteiger partial charge in [0.2, 0.25) is 0 Å². The monoisotopic (exact) mass is 288 g/mol. The highest BCUT2D eigenvalue weighted by Gasteiger charge is 2.34. The van der Waals surface area contributed by atoms with Gasteiger partial charge in [-0.05, 0) is 48.9 Å². The number of rotatable bonds is 6. The van der Waals surface area contributed by atoms with Gasteiger partial charge in [-0.25, -0.2) is 0 Å². The molecule has 4 heteroatoms. The van der Waals surface area contributed by atoms with E-state index < -0.39 is 0 Å². The van der Waals surface area contributed by atoms with Crippen LogP contribution in [0.4, 0.5) is 0 Å². The molecular weight excluding hydrogens is 264 g/mol. The molecule has 1 N–H and O–H groups in total. The minimum absolute atomic E-state index is 0.140. The van der Waals surface area contributed by atoms with Crippen LogP contribution in [0.25, 0.3) is 0 Å². The Labute approximate surface area is 126 Å². The van der Waals surface area contributed by atoms with Crippen LogP contribution in [0.2, 0.25) is 0 Å². The maximum atomic E-state index is 12.9. The molecule has 1 fully saturated rings. The quantitative estimate of drug-likeness (QED) is 0.872. The lowest BCUT2D eigenvalue weighted by atomic mass is 10.0. The van der Waals surface area contributed by atoms with Crippen molar-refractivity contribution in [3.05, 3.63) is 34.9 Å². The first kappa shape index (κ1) is 14.5. The number of amides is 1. The van der Waals surface area contributed by atoms with Crippen molar-refractivity contribution in [1.82, 2.24) is 10.2 Å². The zero-order chi connectivity index (χ0) is 14.8. The maximum Gasteiger partial charge on any atom is 0.254 e. The third-order valence-corrected chi connectivity index (χ3v) is 4.68. The summed E-state index contributed by atoms with van der Waals surface area (Å²) in [5.74, 6) is 0.808. The van der Waals surface area contributed by atoms with E-state index in [1.165, 1.54) is 24.0 Å². The second kappa shape index (κ2) is 6.16. The molecule has 1 aliphatic carbocycles. The minimum Gasteiger partial charge on any atom is -0.383 e. The van der Waals surface area contributed by atoms with E-state index in [1.54, 1.807) is 7.11 Å². The summed E-state index contributed by atoms with van der Waals surface area (Å²) in [5.41, 5.74) is 3.37. The fourth-order valence-electron chi connectivity index (χ4n) is 3.11. The number of benzene rings is 1. The van der Waals surface area contributed by atoms with E-state index in [9.17, 15) is 4.79 Å². The number of carbonyl (C=O) groups is 1. The van der Waals surface area contributed by atoms with Crippen molar-refractivity contribution in [2.75, 3.05) is 20.3 Å². The van der Waals surface area contributed by atoms with Crippen molar-refractivity contribution in [2.45, 2.75) is 38.9 Å². The van der Waals surface area contributed by atoms with E-state index in [4.69, 9.17) is 4.74 Å². The first-order chi connectivity index (χ1) is 10.2. The van der Waals surface area contributed by atoms with Gasteiger partial charge in [-0.3, -0.25) is 4.79 Å². The summed E-state index contributed by atoms with van der Waals surface area (Å²) >= 11 is 0. The van der Waals surface area contributed by atoms with Gasteiger partial charge in [0.15, 0.2) is 0 Å². The Kier molecular flexibility index (Phi) is 4.27. The molecule has 1 aromatic carbocycles. The summed E-state index contributed by atoms with van der Waals surface area (Å²) in [7, 11) is 1.69. The summed E-state index contributed by atoms with van der Waals surface area (Å²) < 4.78 is 5.18. The Hall–Kier alpha value is -1.39. The van der Waals surface area contributed by atoms with Crippen LogP contribution in [0.15, 0.2) is 18.2 Å². The number of fused-ring (bicyclic) bond motifs is 1. The molecule has 4 nitrogen and oxygen atoms in total. The van der Waals surface area contributed by atoms with E-state index in [2.05, 4.69) is 24.4 Å². The number of methoxy groups -OCH3 is 1. The van der Waals surface area contributed by atoms with Crippen molar-refractivity contribution in [3.63, 3.8) is 0 Å². The van der Waals surface area contributed by atoms with Gasteiger partial charge in [-0.1, -0.05) is 6.07 Å². The third-order valence-electron chi connectivity index (χ3n) is 4.68. The standard InChI is InChI=1S/C17H24N2O2/c1-12(13-3-4-13)19(7-8-21-2)17(20)14-5-6-15-10-18-11-16(15)9-14/h5-6,9,12-13,18H,3-4,7-8,10-11H2,1-2H3. The predicted molar refractivity (Wildman–Crippen MR) is 82.1 cm³/mol. The summed E-state index contributed by atoms with van der Waals surface area (Å²) in [4.78, 5) is 14.9.